The minimum absolute atomic E-state index is 0.0151. The van der Waals surface area contributed by atoms with Gasteiger partial charge in [0, 0.05) is 37.9 Å². The monoisotopic (exact) mass is 577 g/mol. The maximum atomic E-state index is 13.2. The molecular formula is C29H31N5O6S. The Bertz CT molecular complexity index is 1780. The molecule has 4 aromatic rings. The van der Waals surface area contributed by atoms with E-state index in [1.54, 1.807) is 55.9 Å². The van der Waals surface area contributed by atoms with Gasteiger partial charge in [-0.15, -0.1) is 0 Å². The lowest BCUT2D eigenvalue weighted by Gasteiger charge is -2.18. The topological polar surface area (TPSA) is 159 Å². The number of aryl methyl sites for hydroxylation is 4. The van der Waals surface area contributed by atoms with Gasteiger partial charge in [-0.3, -0.25) is 14.4 Å². The van der Waals surface area contributed by atoms with Crippen molar-refractivity contribution in [2.24, 2.45) is 7.05 Å². The molecule has 2 heterocycles. The van der Waals surface area contributed by atoms with E-state index in [4.69, 9.17) is 0 Å². The van der Waals surface area contributed by atoms with Crippen molar-refractivity contribution in [2.75, 3.05) is 11.9 Å². The van der Waals surface area contributed by atoms with Crippen LogP contribution in [-0.4, -0.2) is 47.5 Å². The fourth-order valence-corrected chi connectivity index (χ4v) is 6.41. The van der Waals surface area contributed by atoms with Crippen LogP contribution in [0.25, 0.3) is 10.9 Å². The van der Waals surface area contributed by atoms with Crippen LogP contribution in [0.2, 0.25) is 0 Å². The van der Waals surface area contributed by atoms with E-state index in [0.29, 0.717) is 34.4 Å². The van der Waals surface area contributed by atoms with Gasteiger partial charge in [-0.2, -0.15) is 4.72 Å². The molecule has 0 spiro atoms. The van der Waals surface area contributed by atoms with Crippen LogP contribution in [0, 0.1) is 20.8 Å². The van der Waals surface area contributed by atoms with Crippen LogP contribution in [0.4, 0.5) is 5.82 Å². The number of aliphatic carboxylic acids is 1. The second-order valence-electron chi connectivity index (χ2n) is 9.85. The second kappa shape index (κ2) is 11.9. The van der Waals surface area contributed by atoms with Gasteiger partial charge in [-0.25, -0.2) is 13.4 Å². The minimum Gasteiger partial charge on any atom is -0.480 e. The molecule has 1 unspecified atom stereocenters. The second-order valence-corrected chi connectivity index (χ2v) is 11.5. The number of fused-ring (bicyclic) bond motifs is 1. The Hall–Kier alpha value is -4.55. The Morgan fingerprint density at radius 1 is 1.05 bits per heavy atom. The maximum Gasteiger partial charge on any atom is 0.323 e. The molecule has 12 heteroatoms. The Balaban J connectivity index is 1.51. The predicted molar refractivity (Wildman–Crippen MR) is 155 cm³/mol. The van der Waals surface area contributed by atoms with E-state index in [0.717, 1.165) is 11.1 Å². The van der Waals surface area contributed by atoms with Gasteiger partial charge in [0.2, 0.25) is 15.5 Å². The molecule has 0 aliphatic heterocycles. The number of hydrogen-bond donors (Lipinski definition) is 4. The molecule has 0 aliphatic carbocycles. The van der Waals surface area contributed by atoms with Gasteiger partial charge in [0.1, 0.15) is 17.4 Å². The molecule has 0 saturated heterocycles. The molecule has 2 aromatic carbocycles. The number of amides is 1. The van der Waals surface area contributed by atoms with Crippen LogP contribution in [0.15, 0.2) is 70.6 Å². The third kappa shape index (κ3) is 6.61. The molecule has 4 rings (SSSR count). The van der Waals surface area contributed by atoms with E-state index in [2.05, 4.69) is 20.3 Å². The molecule has 214 valence electrons. The molecule has 0 aliphatic rings. The van der Waals surface area contributed by atoms with E-state index < -0.39 is 39.9 Å². The number of hydrogen-bond acceptors (Lipinski definition) is 7. The summed E-state index contributed by atoms with van der Waals surface area (Å²) >= 11 is 0. The zero-order valence-electron chi connectivity index (χ0n) is 23.1. The van der Waals surface area contributed by atoms with Crippen LogP contribution in [0.5, 0.6) is 0 Å². The number of benzene rings is 2. The van der Waals surface area contributed by atoms with Gasteiger partial charge >= 0.3 is 5.97 Å². The van der Waals surface area contributed by atoms with E-state index in [9.17, 15) is 27.9 Å². The number of carboxylic acids is 1. The molecule has 1 atom stereocenters. The molecule has 0 radical (unpaired) electrons. The van der Waals surface area contributed by atoms with Crippen LogP contribution in [0.3, 0.4) is 0 Å². The molecule has 4 N–H and O–H groups in total. The molecular weight excluding hydrogens is 546 g/mol. The summed E-state index contributed by atoms with van der Waals surface area (Å²) in [5.41, 5.74) is 2.58. The summed E-state index contributed by atoms with van der Waals surface area (Å²) in [6.45, 7) is 4.98. The number of sulfonamides is 1. The highest BCUT2D eigenvalue weighted by molar-refractivity contribution is 7.89. The van der Waals surface area contributed by atoms with Crippen molar-refractivity contribution in [3.63, 3.8) is 0 Å². The lowest BCUT2D eigenvalue weighted by molar-refractivity contribution is -0.138. The summed E-state index contributed by atoms with van der Waals surface area (Å²) in [5.74, 6) is -1.59. The molecule has 11 nitrogen and oxygen atoms in total. The number of carboxylic acid groups (broad SMARTS) is 1. The highest BCUT2D eigenvalue weighted by atomic mass is 32.2. The van der Waals surface area contributed by atoms with Crippen molar-refractivity contribution >= 4 is 38.6 Å². The first-order chi connectivity index (χ1) is 19.4. The third-order valence-electron chi connectivity index (χ3n) is 6.57. The van der Waals surface area contributed by atoms with Gasteiger partial charge in [0.05, 0.1) is 10.4 Å². The number of anilines is 1. The van der Waals surface area contributed by atoms with Gasteiger partial charge in [0.25, 0.3) is 5.91 Å². The molecule has 0 fully saturated rings. The van der Waals surface area contributed by atoms with Gasteiger partial charge in [-0.05, 0) is 61.7 Å². The average molecular weight is 578 g/mol. The molecule has 0 bridgehead atoms. The number of nitrogens with one attached hydrogen (secondary N) is 3. The zero-order valence-corrected chi connectivity index (χ0v) is 23.9. The summed E-state index contributed by atoms with van der Waals surface area (Å²) in [6, 6.07) is 12.5. The number of aromatic nitrogens is 2. The highest BCUT2D eigenvalue weighted by Gasteiger charge is 2.29. The number of rotatable bonds is 10. The van der Waals surface area contributed by atoms with Crippen molar-refractivity contribution in [3.8, 4) is 0 Å². The lowest BCUT2D eigenvalue weighted by Crippen LogP contribution is -2.49. The Morgan fingerprint density at radius 2 is 1.76 bits per heavy atom. The number of pyridine rings is 2. The van der Waals surface area contributed by atoms with E-state index in [1.807, 2.05) is 31.2 Å². The first-order valence-electron chi connectivity index (χ1n) is 12.8. The molecule has 41 heavy (non-hydrogen) atoms. The van der Waals surface area contributed by atoms with Crippen LogP contribution in [0.1, 0.15) is 32.6 Å². The lowest BCUT2D eigenvalue weighted by atomic mass is 10.1. The SMILES string of the molecule is Cc1cc(C)c(S(=O)(=O)NC(CNC(=O)c2cn(C)c3cc(CNc4ccccn4)ccc3c2=O)C(=O)O)c(C)c1. The Morgan fingerprint density at radius 3 is 2.39 bits per heavy atom. The van der Waals surface area contributed by atoms with Crippen LogP contribution >= 0.6 is 0 Å². The highest BCUT2D eigenvalue weighted by Crippen LogP contribution is 2.22. The van der Waals surface area contributed by atoms with E-state index in [1.165, 1.54) is 6.20 Å². The first-order valence-corrected chi connectivity index (χ1v) is 14.2. The smallest absolute Gasteiger partial charge is 0.323 e. The summed E-state index contributed by atoms with van der Waals surface area (Å²) in [6.07, 6.45) is 3.05. The van der Waals surface area contributed by atoms with Gasteiger partial charge < -0.3 is 20.3 Å². The summed E-state index contributed by atoms with van der Waals surface area (Å²) < 4.78 is 29.9. The van der Waals surface area contributed by atoms with Crippen molar-refractivity contribution in [1.29, 1.82) is 0 Å². The van der Waals surface area contributed by atoms with Crippen LogP contribution < -0.4 is 20.8 Å². The average Bonchev–Trinajstić information content (AvgIpc) is 2.91. The zero-order chi connectivity index (χ0) is 29.9. The van der Waals surface area contributed by atoms with E-state index in [-0.39, 0.29) is 10.5 Å². The van der Waals surface area contributed by atoms with Crippen molar-refractivity contribution < 1.29 is 23.1 Å². The quantitative estimate of drug-likeness (QED) is 0.224. The summed E-state index contributed by atoms with van der Waals surface area (Å²) in [4.78, 5) is 42.3. The number of nitrogens with zero attached hydrogens (tertiary/aromatic N) is 2. The van der Waals surface area contributed by atoms with E-state index >= 15 is 0 Å². The largest absolute Gasteiger partial charge is 0.480 e. The van der Waals surface area contributed by atoms with Crippen molar-refractivity contribution in [1.82, 2.24) is 19.6 Å². The van der Waals surface area contributed by atoms with Crippen molar-refractivity contribution in [3.05, 3.63) is 99.0 Å². The van der Waals surface area contributed by atoms with Crippen LogP contribution in [-0.2, 0) is 28.4 Å². The summed E-state index contributed by atoms with van der Waals surface area (Å²) in [5, 5.41) is 15.6. The molecule has 1 amide bonds. The third-order valence-corrected chi connectivity index (χ3v) is 8.35. The fourth-order valence-electron chi connectivity index (χ4n) is 4.77. The minimum atomic E-state index is -4.22. The number of carbonyl (C=O) groups is 2. The van der Waals surface area contributed by atoms with Gasteiger partial charge in [0.15, 0.2) is 0 Å². The number of carbonyl (C=O) groups excluding carboxylic acids is 1. The normalized spacial score (nSPS) is 12.2. The van der Waals surface area contributed by atoms with Crippen molar-refractivity contribution in [2.45, 2.75) is 38.3 Å². The Kier molecular flexibility index (Phi) is 8.55. The molecule has 0 saturated carbocycles. The standard InChI is InChI=1S/C29H31N5O6S/c1-17-11-18(2)27(19(3)12-17)41(39,40)33-23(29(37)38)15-32-28(36)22-16-34(4)24-13-20(8-9-21(24)26(22)35)14-31-25-7-5-6-10-30-25/h5-13,16,23,33H,14-15H2,1-4H3,(H,30,31)(H,32,36)(H,37,38). The fraction of sp³-hybridized carbons (Fsp3) is 0.241. The van der Waals surface area contributed by atoms with Gasteiger partial charge in [-0.1, -0.05) is 29.8 Å². The Labute approximate surface area is 237 Å². The summed E-state index contributed by atoms with van der Waals surface area (Å²) in [7, 11) is -2.53. The maximum absolute atomic E-state index is 13.2. The first kappa shape index (κ1) is 29.4. The predicted octanol–water partition coefficient (Wildman–Crippen LogP) is 2.63. The molecule has 2 aromatic heterocycles.